The zero-order valence-corrected chi connectivity index (χ0v) is 12.0. The van der Waals surface area contributed by atoms with Gasteiger partial charge in [-0.15, -0.1) is 0 Å². The third-order valence-electron chi connectivity index (χ3n) is 2.64. The van der Waals surface area contributed by atoms with E-state index in [4.69, 9.17) is 4.74 Å². The fraction of sp³-hybridized carbons (Fsp3) is 0.533. The highest BCUT2D eigenvalue weighted by atomic mass is 16.5. The Kier molecular flexibility index (Phi) is 6.97. The first-order chi connectivity index (χ1) is 9.13. The molecule has 0 bridgehead atoms. The van der Waals surface area contributed by atoms with Gasteiger partial charge < -0.3 is 15.4 Å². The molecule has 0 aliphatic rings. The van der Waals surface area contributed by atoms with Crippen LogP contribution in [0.15, 0.2) is 24.3 Å². The quantitative estimate of drug-likeness (QED) is 0.709. The molecule has 4 heteroatoms. The molecule has 19 heavy (non-hydrogen) atoms. The van der Waals surface area contributed by atoms with E-state index in [-0.39, 0.29) is 5.91 Å². The number of benzene rings is 1. The molecule has 0 spiro atoms. The lowest BCUT2D eigenvalue weighted by molar-refractivity contribution is 0.0925. The van der Waals surface area contributed by atoms with Crippen LogP contribution in [0.3, 0.4) is 0 Å². The van der Waals surface area contributed by atoms with Gasteiger partial charge in [0.05, 0.1) is 0 Å². The van der Waals surface area contributed by atoms with Gasteiger partial charge in [-0.3, -0.25) is 4.79 Å². The molecule has 4 nitrogen and oxygen atoms in total. The fourth-order valence-electron chi connectivity index (χ4n) is 1.59. The van der Waals surface area contributed by atoms with Gasteiger partial charge in [0.25, 0.3) is 5.91 Å². The Bertz CT molecular complexity index is 374. The third kappa shape index (κ3) is 6.25. The number of amides is 1. The summed E-state index contributed by atoms with van der Waals surface area (Å²) in [5, 5.41) is 5.91. The van der Waals surface area contributed by atoms with Gasteiger partial charge in [-0.2, -0.15) is 0 Å². The Hall–Kier alpha value is -1.55. The van der Waals surface area contributed by atoms with E-state index in [0.717, 1.165) is 18.7 Å². The minimum absolute atomic E-state index is 0.0356. The number of carbonyl (C=O) groups excluding carboxylic acids is 1. The minimum Gasteiger partial charge on any atom is -0.388 e. The van der Waals surface area contributed by atoms with E-state index in [0.29, 0.717) is 24.6 Å². The number of carbonyl (C=O) groups is 1. The molecule has 0 aliphatic carbocycles. The van der Waals surface area contributed by atoms with Gasteiger partial charge in [-0.1, -0.05) is 13.8 Å². The van der Waals surface area contributed by atoms with E-state index in [9.17, 15) is 4.79 Å². The molecule has 106 valence electrons. The Balaban J connectivity index is 2.20. The average molecular weight is 264 g/mol. The van der Waals surface area contributed by atoms with Crippen LogP contribution in [0, 0.1) is 5.92 Å². The normalized spacial score (nSPS) is 10.5. The summed E-state index contributed by atoms with van der Waals surface area (Å²) < 4.78 is 5.45. The molecule has 1 aromatic carbocycles. The maximum absolute atomic E-state index is 11.8. The van der Waals surface area contributed by atoms with Gasteiger partial charge in [0.15, 0.2) is 0 Å². The van der Waals surface area contributed by atoms with Crippen LogP contribution in [-0.4, -0.2) is 32.7 Å². The highest BCUT2D eigenvalue weighted by Gasteiger charge is 2.04. The van der Waals surface area contributed by atoms with Crippen molar-refractivity contribution in [3.05, 3.63) is 29.8 Å². The van der Waals surface area contributed by atoms with Crippen molar-refractivity contribution >= 4 is 11.6 Å². The largest absolute Gasteiger partial charge is 0.388 e. The van der Waals surface area contributed by atoms with Crippen molar-refractivity contribution in [1.29, 1.82) is 0 Å². The second kappa shape index (κ2) is 8.53. The number of hydrogen-bond acceptors (Lipinski definition) is 3. The summed E-state index contributed by atoms with van der Waals surface area (Å²) in [4.78, 5) is 11.8. The molecule has 2 N–H and O–H groups in total. The van der Waals surface area contributed by atoms with Gasteiger partial charge in [-0.05, 0) is 36.6 Å². The first-order valence-corrected chi connectivity index (χ1v) is 6.77. The summed E-state index contributed by atoms with van der Waals surface area (Å²) in [6, 6.07) is 7.41. The van der Waals surface area contributed by atoms with Crippen molar-refractivity contribution in [1.82, 2.24) is 5.32 Å². The first-order valence-electron chi connectivity index (χ1n) is 6.77. The summed E-state index contributed by atoms with van der Waals surface area (Å²) in [6.45, 7) is 6.36. The predicted molar refractivity (Wildman–Crippen MR) is 78.6 cm³/mol. The van der Waals surface area contributed by atoms with E-state index >= 15 is 0 Å². The van der Waals surface area contributed by atoms with Crippen LogP contribution >= 0.6 is 0 Å². The van der Waals surface area contributed by atoms with Crippen LogP contribution in [0.2, 0.25) is 0 Å². The van der Waals surface area contributed by atoms with Crippen molar-refractivity contribution in [2.24, 2.45) is 5.92 Å². The zero-order valence-electron chi connectivity index (χ0n) is 12.0. The lowest BCUT2D eigenvalue weighted by atomic mass is 10.2. The number of rotatable bonds is 8. The molecule has 0 fully saturated rings. The Morgan fingerprint density at radius 1 is 1.26 bits per heavy atom. The molecule has 0 unspecified atom stereocenters. The van der Waals surface area contributed by atoms with E-state index < -0.39 is 0 Å². The van der Waals surface area contributed by atoms with Crippen molar-refractivity contribution < 1.29 is 9.53 Å². The zero-order chi connectivity index (χ0) is 14.1. The molecule has 0 saturated carbocycles. The second-order valence-corrected chi connectivity index (χ2v) is 4.91. The van der Waals surface area contributed by atoms with Crippen molar-refractivity contribution in [2.45, 2.75) is 20.3 Å². The molecule has 0 saturated heterocycles. The van der Waals surface area contributed by atoms with Crippen LogP contribution in [-0.2, 0) is 4.74 Å². The lowest BCUT2D eigenvalue weighted by Crippen LogP contribution is -2.25. The van der Waals surface area contributed by atoms with E-state index in [1.165, 1.54) is 0 Å². The van der Waals surface area contributed by atoms with Crippen molar-refractivity contribution in [2.75, 3.05) is 32.1 Å². The monoisotopic (exact) mass is 264 g/mol. The Morgan fingerprint density at radius 3 is 2.53 bits per heavy atom. The second-order valence-electron chi connectivity index (χ2n) is 4.91. The number of anilines is 1. The summed E-state index contributed by atoms with van der Waals surface area (Å²) in [5.41, 5.74) is 1.68. The standard InChI is InChI=1S/C15H24N2O2/c1-12(2)11-19-10-4-9-17-15(18)13-5-7-14(16-3)8-6-13/h5-8,12,16H,4,9-11H2,1-3H3,(H,17,18). The summed E-state index contributed by atoms with van der Waals surface area (Å²) >= 11 is 0. The summed E-state index contributed by atoms with van der Waals surface area (Å²) in [7, 11) is 1.85. The molecule has 0 aromatic heterocycles. The van der Waals surface area contributed by atoms with Crippen LogP contribution in [0.4, 0.5) is 5.69 Å². The van der Waals surface area contributed by atoms with Crippen LogP contribution in [0.25, 0.3) is 0 Å². The van der Waals surface area contributed by atoms with Crippen LogP contribution in [0.1, 0.15) is 30.6 Å². The van der Waals surface area contributed by atoms with Gasteiger partial charge in [0.1, 0.15) is 0 Å². The lowest BCUT2D eigenvalue weighted by Gasteiger charge is -2.08. The van der Waals surface area contributed by atoms with E-state index in [2.05, 4.69) is 24.5 Å². The summed E-state index contributed by atoms with van der Waals surface area (Å²) in [6.07, 6.45) is 0.840. The van der Waals surface area contributed by atoms with Crippen LogP contribution < -0.4 is 10.6 Å². The third-order valence-corrected chi connectivity index (χ3v) is 2.64. The van der Waals surface area contributed by atoms with Crippen molar-refractivity contribution in [3.8, 4) is 0 Å². The highest BCUT2D eigenvalue weighted by Crippen LogP contribution is 2.08. The number of nitrogens with one attached hydrogen (secondary N) is 2. The predicted octanol–water partition coefficient (Wildman–Crippen LogP) is 2.52. The SMILES string of the molecule is CNc1ccc(C(=O)NCCCOCC(C)C)cc1. The molecule has 0 heterocycles. The topological polar surface area (TPSA) is 50.4 Å². The number of hydrogen-bond donors (Lipinski definition) is 2. The maximum Gasteiger partial charge on any atom is 0.251 e. The maximum atomic E-state index is 11.8. The Labute approximate surface area is 115 Å². The molecule has 0 aliphatic heterocycles. The van der Waals surface area contributed by atoms with Gasteiger partial charge in [0, 0.05) is 38.1 Å². The Morgan fingerprint density at radius 2 is 1.95 bits per heavy atom. The van der Waals surface area contributed by atoms with Gasteiger partial charge >= 0.3 is 0 Å². The highest BCUT2D eigenvalue weighted by molar-refractivity contribution is 5.94. The molecule has 0 atom stereocenters. The average Bonchev–Trinajstić information content (AvgIpc) is 2.42. The number of ether oxygens (including phenoxy) is 1. The van der Waals surface area contributed by atoms with Gasteiger partial charge in [0.2, 0.25) is 0 Å². The minimum atomic E-state index is -0.0356. The molecule has 1 amide bonds. The molecule has 0 radical (unpaired) electrons. The molecule has 1 aromatic rings. The van der Waals surface area contributed by atoms with E-state index in [1.54, 1.807) is 0 Å². The first kappa shape index (κ1) is 15.5. The molecular formula is C15H24N2O2. The van der Waals surface area contributed by atoms with Crippen molar-refractivity contribution in [3.63, 3.8) is 0 Å². The smallest absolute Gasteiger partial charge is 0.251 e. The molecule has 1 rings (SSSR count). The summed E-state index contributed by atoms with van der Waals surface area (Å²) in [5.74, 6) is 0.520. The molecular weight excluding hydrogens is 240 g/mol. The fourth-order valence-corrected chi connectivity index (χ4v) is 1.59. The van der Waals surface area contributed by atoms with Gasteiger partial charge in [-0.25, -0.2) is 0 Å². The van der Waals surface area contributed by atoms with E-state index in [1.807, 2.05) is 31.3 Å². The van der Waals surface area contributed by atoms with Crippen LogP contribution in [0.5, 0.6) is 0 Å².